The molecule has 0 unspecified atom stereocenters. The van der Waals surface area contributed by atoms with Gasteiger partial charge in [0.05, 0.1) is 19.8 Å². The molecule has 5 heteroatoms. The molecular weight excluding hydrogens is 479 g/mol. The van der Waals surface area contributed by atoms with Crippen LogP contribution in [0.1, 0.15) is 73.1 Å². The smallest absolute Gasteiger partial charge is 0.287 e. The Hall–Kier alpha value is -2.23. The molecule has 1 fully saturated rings. The molecule has 1 aliphatic rings. The summed E-state index contributed by atoms with van der Waals surface area (Å²) in [6, 6.07) is 29.5. The van der Waals surface area contributed by atoms with Gasteiger partial charge in [-0.25, -0.2) is 4.57 Å². The summed E-state index contributed by atoms with van der Waals surface area (Å²) in [5.41, 5.74) is 5.26. The predicted octanol–water partition coefficient (Wildman–Crippen LogP) is 8.70. The van der Waals surface area contributed by atoms with Crippen molar-refractivity contribution in [1.82, 2.24) is 0 Å². The second-order valence-corrected chi connectivity index (χ2v) is 11.6. The molecule has 4 nitrogen and oxygen atoms in total. The van der Waals surface area contributed by atoms with E-state index in [0.29, 0.717) is 25.7 Å². The highest BCUT2D eigenvalue weighted by atomic mass is 31.2. The third-order valence-corrected chi connectivity index (χ3v) is 8.54. The van der Waals surface area contributed by atoms with E-state index in [1.165, 1.54) is 47.9 Å². The van der Waals surface area contributed by atoms with Crippen LogP contribution in [0, 0.1) is 0 Å². The first-order chi connectivity index (χ1) is 18.2. The first-order valence-electron chi connectivity index (χ1n) is 13.9. The Morgan fingerprint density at radius 3 is 1.57 bits per heavy atom. The molecule has 0 saturated heterocycles. The molecule has 3 aromatic rings. The average Bonchev–Trinajstić information content (AvgIpc) is 3.49. The monoisotopic (exact) mass is 520 g/mol. The van der Waals surface area contributed by atoms with Gasteiger partial charge in [-0.3, -0.25) is 13.6 Å². The van der Waals surface area contributed by atoms with E-state index in [1.54, 1.807) is 0 Å². The molecule has 4 rings (SSSR count). The highest BCUT2D eigenvalue weighted by Crippen LogP contribution is 2.50. The topological polar surface area (TPSA) is 44.8 Å². The lowest BCUT2D eigenvalue weighted by atomic mass is 9.95. The van der Waals surface area contributed by atoms with Crippen molar-refractivity contribution in [1.29, 1.82) is 0 Å². The van der Waals surface area contributed by atoms with Crippen molar-refractivity contribution in [2.45, 2.75) is 70.1 Å². The van der Waals surface area contributed by atoms with Gasteiger partial charge in [0.15, 0.2) is 0 Å². The summed E-state index contributed by atoms with van der Waals surface area (Å²) in [6.45, 7) is 1.03. The van der Waals surface area contributed by atoms with Gasteiger partial charge in [-0.2, -0.15) is 0 Å². The highest BCUT2D eigenvalue weighted by Gasteiger charge is 2.26. The molecule has 0 N–H and O–H groups in total. The van der Waals surface area contributed by atoms with E-state index in [1.807, 2.05) is 36.4 Å². The molecule has 0 heterocycles. The maximum absolute atomic E-state index is 13.4. The van der Waals surface area contributed by atoms with Crippen LogP contribution in [0.15, 0.2) is 84.9 Å². The lowest BCUT2D eigenvalue weighted by Crippen LogP contribution is -2.06. The quantitative estimate of drug-likeness (QED) is 0.140. The molecule has 3 aromatic carbocycles. The maximum atomic E-state index is 13.4. The Kier molecular flexibility index (Phi) is 11.5. The van der Waals surface area contributed by atoms with Gasteiger partial charge in [0.2, 0.25) is 0 Å². The molecule has 37 heavy (non-hydrogen) atoms. The van der Waals surface area contributed by atoms with Crippen LogP contribution in [0.3, 0.4) is 0 Å². The van der Waals surface area contributed by atoms with Gasteiger partial charge in [-0.1, -0.05) is 97.8 Å². The standard InChI is InChI=1S/C32H41O4P/c33-37(34-24-10-18-28-13-3-1-4-14-28,35-25-11-19-29-15-5-2-6-16-29)36-26-12-20-30-17-9-23-32(27-30)31-21-7-8-22-31/h1-6,9,13-17,23,27,31H,7-8,10-12,18-22,24-26H2. The Balaban J connectivity index is 1.23. The maximum Gasteiger partial charge on any atom is 0.474 e. The fraction of sp³-hybridized carbons (Fsp3) is 0.438. The first-order valence-corrected chi connectivity index (χ1v) is 15.4. The van der Waals surface area contributed by atoms with Gasteiger partial charge >= 0.3 is 7.82 Å². The molecule has 1 aliphatic carbocycles. The van der Waals surface area contributed by atoms with E-state index in [0.717, 1.165) is 38.5 Å². The molecule has 1 saturated carbocycles. The van der Waals surface area contributed by atoms with E-state index < -0.39 is 7.82 Å². The third kappa shape index (κ3) is 9.87. The fourth-order valence-electron chi connectivity index (χ4n) is 5.02. The van der Waals surface area contributed by atoms with Crippen LogP contribution in [0.5, 0.6) is 0 Å². The molecular formula is C32H41O4P. The normalized spacial score (nSPS) is 14.3. The minimum absolute atomic E-state index is 0.342. The zero-order valence-electron chi connectivity index (χ0n) is 21.9. The Morgan fingerprint density at radius 2 is 1.05 bits per heavy atom. The summed E-state index contributed by atoms with van der Waals surface area (Å²) in [5.74, 6) is 0.713. The van der Waals surface area contributed by atoms with Gasteiger partial charge in [0.1, 0.15) is 0 Å². The van der Waals surface area contributed by atoms with E-state index >= 15 is 0 Å². The van der Waals surface area contributed by atoms with Gasteiger partial charge in [-0.05, 0) is 79.5 Å². The van der Waals surface area contributed by atoms with E-state index in [4.69, 9.17) is 13.6 Å². The molecule has 0 radical (unpaired) electrons. The number of aryl methyl sites for hydroxylation is 3. The number of benzene rings is 3. The molecule has 0 aliphatic heterocycles. The Morgan fingerprint density at radius 1 is 0.595 bits per heavy atom. The lowest BCUT2D eigenvalue weighted by Gasteiger charge is -2.18. The summed E-state index contributed by atoms with van der Waals surface area (Å²) in [7, 11) is -3.61. The number of hydrogen-bond donors (Lipinski definition) is 0. The summed E-state index contributed by atoms with van der Waals surface area (Å²) >= 11 is 0. The molecule has 0 aromatic heterocycles. The van der Waals surface area contributed by atoms with Crippen LogP contribution in [-0.2, 0) is 37.4 Å². The van der Waals surface area contributed by atoms with Crippen molar-refractivity contribution in [2.24, 2.45) is 0 Å². The number of rotatable bonds is 16. The Bertz CT molecular complexity index is 1030. The van der Waals surface area contributed by atoms with Gasteiger partial charge < -0.3 is 0 Å². The van der Waals surface area contributed by atoms with Crippen molar-refractivity contribution in [3.63, 3.8) is 0 Å². The second kappa shape index (κ2) is 15.2. The first kappa shape index (κ1) is 27.8. The molecule has 0 amide bonds. The second-order valence-electron chi connectivity index (χ2n) is 9.96. The molecule has 0 atom stereocenters. The van der Waals surface area contributed by atoms with Crippen LogP contribution in [0.4, 0.5) is 0 Å². The SMILES string of the molecule is O=P(OCCCc1ccccc1)(OCCCc1ccccc1)OCCCc1cccc(C2CCCC2)c1. The van der Waals surface area contributed by atoms with Crippen molar-refractivity contribution >= 4 is 7.82 Å². The Labute approximate surface area is 223 Å². The van der Waals surface area contributed by atoms with E-state index in [2.05, 4.69) is 48.5 Å². The lowest BCUT2D eigenvalue weighted by molar-refractivity contribution is 0.110. The molecule has 0 spiro atoms. The van der Waals surface area contributed by atoms with Crippen molar-refractivity contribution < 1.29 is 18.1 Å². The van der Waals surface area contributed by atoms with E-state index in [-0.39, 0.29) is 0 Å². The van der Waals surface area contributed by atoms with Crippen LogP contribution >= 0.6 is 7.82 Å². The van der Waals surface area contributed by atoms with E-state index in [9.17, 15) is 4.57 Å². The molecule has 198 valence electrons. The van der Waals surface area contributed by atoms with Gasteiger partial charge in [0, 0.05) is 0 Å². The summed E-state index contributed by atoms with van der Waals surface area (Å²) < 4.78 is 30.7. The number of phosphoric acid groups is 1. The van der Waals surface area contributed by atoms with Gasteiger partial charge in [-0.15, -0.1) is 0 Å². The zero-order chi connectivity index (χ0) is 25.6. The van der Waals surface area contributed by atoms with Crippen LogP contribution in [0.25, 0.3) is 0 Å². The van der Waals surface area contributed by atoms with Crippen molar-refractivity contribution in [2.75, 3.05) is 19.8 Å². The average molecular weight is 521 g/mol. The van der Waals surface area contributed by atoms with Crippen molar-refractivity contribution in [3.8, 4) is 0 Å². The highest BCUT2D eigenvalue weighted by molar-refractivity contribution is 7.48. The minimum Gasteiger partial charge on any atom is -0.287 e. The fourth-order valence-corrected chi connectivity index (χ4v) is 6.30. The van der Waals surface area contributed by atoms with Crippen LogP contribution in [-0.4, -0.2) is 19.8 Å². The number of phosphoric ester groups is 1. The van der Waals surface area contributed by atoms with Crippen molar-refractivity contribution in [3.05, 3.63) is 107 Å². The molecule has 0 bridgehead atoms. The largest absolute Gasteiger partial charge is 0.474 e. The summed E-state index contributed by atoms with van der Waals surface area (Å²) in [4.78, 5) is 0. The third-order valence-electron chi connectivity index (χ3n) is 7.04. The number of hydrogen-bond acceptors (Lipinski definition) is 4. The summed E-state index contributed by atoms with van der Waals surface area (Å²) in [6.07, 6.45) is 10.2. The minimum atomic E-state index is -3.61. The summed E-state index contributed by atoms with van der Waals surface area (Å²) in [5, 5.41) is 0. The van der Waals surface area contributed by atoms with Crippen LogP contribution < -0.4 is 0 Å². The van der Waals surface area contributed by atoms with Gasteiger partial charge in [0.25, 0.3) is 0 Å². The van der Waals surface area contributed by atoms with Crippen LogP contribution in [0.2, 0.25) is 0 Å². The predicted molar refractivity (Wildman–Crippen MR) is 151 cm³/mol. The zero-order valence-corrected chi connectivity index (χ0v) is 22.8.